The first kappa shape index (κ1) is 22.7. The number of halogens is 2. The summed E-state index contributed by atoms with van der Waals surface area (Å²) >= 11 is 0. The number of hydrogen-bond acceptors (Lipinski definition) is 5. The molecule has 1 spiro atoms. The van der Waals surface area contributed by atoms with E-state index < -0.39 is 22.6 Å². The minimum atomic E-state index is -0.915. The van der Waals surface area contributed by atoms with Crippen LogP contribution in [0.5, 0.6) is 0 Å². The zero-order valence-electron chi connectivity index (χ0n) is 19.3. The van der Waals surface area contributed by atoms with Crippen molar-refractivity contribution < 1.29 is 18.4 Å². The standard InChI is InChI=1S/C25H29F2N5O2/c1-24(8-12-31(13-9-24)23-28-10-3-11-29-23)22(34)32-15-18(17-5-6-19(26)20(27)14-17)25(16-32)7-2-4-21(33)30-25/h3,5-6,10-11,14,18H,2,4,7-9,12-13,15-16H2,1H3,(H,30,33)/t18-,25+/m0/s1. The monoisotopic (exact) mass is 469 g/mol. The Labute approximate surface area is 197 Å². The van der Waals surface area contributed by atoms with Crippen LogP contribution in [0.4, 0.5) is 14.7 Å². The van der Waals surface area contributed by atoms with E-state index in [1.165, 1.54) is 6.07 Å². The molecule has 1 aromatic carbocycles. The van der Waals surface area contributed by atoms with Gasteiger partial charge >= 0.3 is 0 Å². The number of likely N-dealkylation sites (tertiary alicyclic amines) is 1. The summed E-state index contributed by atoms with van der Waals surface area (Å²) in [5.41, 5.74) is -0.601. The summed E-state index contributed by atoms with van der Waals surface area (Å²) in [7, 11) is 0. The normalized spacial score (nSPS) is 26.6. The summed E-state index contributed by atoms with van der Waals surface area (Å²) in [5.74, 6) is -1.46. The molecule has 34 heavy (non-hydrogen) atoms. The Hall–Kier alpha value is -3.10. The fourth-order valence-electron chi connectivity index (χ4n) is 5.82. The maximum absolute atomic E-state index is 14.1. The Morgan fingerprint density at radius 1 is 1.12 bits per heavy atom. The lowest BCUT2D eigenvalue weighted by molar-refractivity contribution is -0.142. The smallest absolute Gasteiger partial charge is 0.228 e. The second-order valence-electron chi connectivity index (χ2n) is 10.1. The van der Waals surface area contributed by atoms with Gasteiger partial charge in [-0.25, -0.2) is 18.7 Å². The largest absolute Gasteiger partial charge is 0.348 e. The molecule has 2 amide bonds. The minimum absolute atomic E-state index is 0.0467. The first-order chi connectivity index (χ1) is 16.3. The van der Waals surface area contributed by atoms with Crippen molar-refractivity contribution in [3.8, 4) is 0 Å². The fraction of sp³-hybridized carbons (Fsp3) is 0.520. The average Bonchev–Trinajstić information content (AvgIpc) is 3.19. The van der Waals surface area contributed by atoms with Crippen molar-refractivity contribution in [2.24, 2.45) is 5.41 Å². The minimum Gasteiger partial charge on any atom is -0.348 e. The lowest BCUT2D eigenvalue weighted by Gasteiger charge is -2.41. The first-order valence-corrected chi connectivity index (χ1v) is 11.9. The Bertz CT molecular complexity index is 1090. The van der Waals surface area contributed by atoms with Crippen LogP contribution < -0.4 is 10.2 Å². The van der Waals surface area contributed by atoms with Gasteiger partial charge in [-0.05, 0) is 49.4 Å². The molecule has 0 bridgehead atoms. The average molecular weight is 470 g/mol. The molecule has 5 rings (SSSR count). The predicted octanol–water partition coefficient (Wildman–Crippen LogP) is 3.03. The van der Waals surface area contributed by atoms with E-state index in [-0.39, 0.29) is 17.7 Å². The molecule has 4 heterocycles. The molecule has 180 valence electrons. The van der Waals surface area contributed by atoms with E-state index in [1.54, 1.807) is 24.5 Å². The van der Waals surface area contributed by atoms with Crippen molar-refractivity contribution in [2.45, 2.75) is 50.5 Å². The van der Waals surface area contributed by atoms with Gasteiger partial charge in [-0.1, -0.05) is 13.0 Å². The number of amides is 2. The fourth-order valence-corrected chi connectivity index (χ4v) is 5.82. The second-order valence-corrected chi connectivity index (χ2v) is 10.1. The van der Waals surface area contributed by atoms with Crippen LogP contribution >= 0.6 is 0 Å². The number of benzene rings is 1. The van der Waals surface area contributed by atoms with Crippen LogP contribution in [0.1, 0.15) is 50.5 Å². The number of carbonyl (C=O) groups excluding carboxylic acids is 2. The molecule has 2 atom stereocenters. The zero-order valence-corrected chi connectivity index (χ0v) is 19.3. The Balaban J connectivity index is 1.37. The molecule has 1 N–H and O–H groups in total. The Morgan fingerprint density at radius 3 is 2.53 bits per heavy atom. The summed E-state index contributed by atoms with van der Waals surface area (Å²) < 4.78 is 27.7. The third kappa shape index (κ3) is 4.01. The van der Waals surface area contributed by atoms with E-state index in [4.69, 9.17) is 0 Å². The molecule has 0 radical (unpaired) electrons. The topological polar surface area (TPSA) is 78.4 Å². The molecule has 0 aliphatic carbocycles. The van der Waals surface area contributed by atoms with Gasteiger partial charge in [-0.3, -0.25) is 9.59 Å². The number of carbonyl (C=O) groups is 2. The van der Waals surface area contributed by atoms with E-state index in [1.807, 2.05) is 11.8 Å². The molecule has 3 aliphatic rings. The van der Waals surface area contributed by atoms with Crippen LogP contribution in [0, 0.1) is 17.0 Å². The summed E-state index contributed by atoms with van der Waals surface area (Å²) in [6, 6.07) is 5.67. The van der Waals surface area contributed by atoms with Crippen LogP contribution in [0.3, 0.4) is 0 Å². The van der Waals surface area contributed by atoms with Gasteiger partial charge in [0, 0.05) is 56.3 Å². The van der Waals surface area contributed by atoms with E-state index in [0.717, 1.165) is 6.07 Å². The van der Waals surface area contributed by atoms with E-state index >= 15 is 0 Å². The van der Waals surface area contributed by atoms with Crippen molar-refractivity contribution in [2.75, 3.05) is 31.1 Å². The molecule has 0 unspecified atom stereocenters. The van der Waals surface area contributed by atoms with Gasteiger partial charge in [-0.15, -0.1) is 0 Å². The summed E-state index contributed by atoms with van der Waals surface area (Å²) in [4.78, 5) is 38.7. The van der Waals surface area contributed by atoms with Gasteiger partial charge in [-0.2, -0.15) is 0 Å². The third-order valence-corrected chi connectivity index (χ3v) is 7.81. The highest BCUT2D eigenvalue weighted by Gasteiger charge is 2.53. The predicted molar refractivity (Wildman–Crippen MR) is 122 cm³/mol. The third-order valence-electron chi connectivity index (χ3n) is 7.81. The van der Waals surface area contributed by atoms with Gasteiger partial charge in [0.05, 0.1) is 5.54 Å². The van der Waals surface area contributed by atoms with Crippen molar-refractivity contribution >= 4 is 17.8 Å². The highest BCUT2D eigenvalue weighted by atomic mass is 19.2. The number of anilines is 1. The molecule has 7 nitrogen and oxygen atoms in total. The van der Waals surface area contributed by atoms with E-state index in [0.29, 0.717) is 69.8 Å². The second kappa shape index (κ2) is 8.60. The van der Waals surface area contributed by atoms with Crippen molar-refractivity contribution in [3.63, 3.8) is 0 Å². The number of nitrogens with zero attached hydrogens (tertiary/aromatic N) is 4. The molecule has 3 fully saturated rings. The molecule has 3 aliphatic heterocycles. The van der Waals surface area contributed by atoms with Gasteiger partial charge in [0.15, 0.2) is 11.6 Å². The van der Waals surface area contributed by atoms with Crippen LogP contribution in [-0.4, -0.2) is 58.4 Å². The molecular formula is C25H29F2N5O2. The van der Waals surface area contributed by atoms with Crippen molar-refractivity contribution in [3.05, 3.63) is 53.9 Å². The summed E-state index contributed by atoms with van der Waals surface area (Å²) in [5, 5.41) is 3.13. The van der Waals surface area contributed by atoms with E-state index in [9.17, 15) is 18.4 Å². The Morgan fingerprint density at radius 2 is 1.85 bits per heavy atom. The van der Waals surface area contributed by atoms with Crippen LogP contribution in [0.15, 0.2) is 36.7 Å². The van der Waals surface area contributed by atoms with Crippen LogP contribution in [-0.2, 0) is 9.59 Å². The van der Waals surface area contributed by atoms with Crippen LogP contribution in [0.2, 0.25) is 0 Å². The van der Waals surface area contributed by atoms with Gasteiger partial charge in [0.1, 0.15) is 0 Å². The molecule has 2 aromatic rings. The maximum Gasteiger partial charge on any atom is 0.228 e. The van der Waals surface area contributed by atoms with Crippen molar-refractivity contribution in [1.29, 1.82) is 0 Å². The molecule has 0 saturated carbocycles. The highest BCUT2D eigenvalue weighted by molar-refractivity contribution is 5.84. The number of rotatable bonds is 3. The maximum atomic E-state index is 14.1. The first-order valence-electron chi connectivity index (χ1n) is 11.9. The number of aromatic nitrogens is 2. The number of piperidine rings is 2. The molecule has 3 saturated heterocycles. The van der Waals surface area contributed by atoms with E-state index in [2.05, 4.69) is 20.2 Å². The lowest BCUT2D eigenvalue weighted by atomic mass is 9.76. The van der Waals surface area contributed by atoms with Crippen molar-refractivity contribution in [1.82, 2.24) is 20.2 Å². The highest BCUT2D eigenvalue weighted by Crippen LogP contribution is 2.44. The molecule has 9 heteroatoms. The van der Waals surface area contributed by atoms with Gasteiger partial charge in [0.2, 0.25) is 17.8 Å². The molecular weight excluding hydrogens is 440 g/mol. The summed E-state index contributed by atoms with van der Waals surface area (Å²) in [6.07, 6.45) is 6.59. The quantitative estimate of drug-likeness (QED) is 0.748. The molecule has 1 aromatic heterocycles. The summed E-state index contributed by atoms with van der Waals surface area (Å²) in [6.45, 7) is 4.09. The van der Waals surface area contributed by atoms with Gasteiger partial charge in [0.25, 0.3) is 0 Å². The lowest BCUT2D eigenvalue weighted by Crippen LogP contribution is -2.57. The van der Waals surface area contributed by atoms with Crippen LogP contribution in [0.25, 0.3) is 0 Å². The SMILES string of the molecule is CC1(C(=O)N2C[C@@H](c3ccc(F)c(F)c3)[C@@]3(CCCC(=O)N3)C2)CCN(c2ncccn2)CC1. The number of nitrogens with one attached hydrogen (secondary N) is 1. The number of hydrogen-bond donors (Lipinski definition) is 1. The zero-order chi connectivity index (χ0) is 23.9. The Kier molecular flexibility index (Phi) is 5.73. The van der Waals surface area contributed by atoms with Gasteiger partial charge < -0.3 is 15.1 Å².